The fraction of sp³-hybridized carbons (Fsp3) is 0.600. The largest absolute Gasteiger partial charge is 0.316 e. The maximum Gasteiger partial charge on any atom is 0.243 e. The average molecular weight is 377 g/mol. The van der Waals surface area contributed by atoms with Crippen LogP contribution < -0.4 is 5.32 Å². The van der Waals surface area contributed by atoms with Crippen LogP contribution in [0.1, 0.15) is 37.8 Å². The van der Waals surface area contributed by atoms with Crippen LogP contribution in [0, 0.1) is 6.92 Å². The second kappa shape index (κ2) is 7.72. The molecule has 0 bridgehead atoms. The molecule has 120 valence electrons. The van der Waals surface area contributed by atoms with Crippen LogP contribution >= 0.6 is 15.9 Å². The molecule has 0 saturated heterocycles. The zero-order valence-corrected chi connectivity index (χ0v) is 15.8. The topological polar surface area (TPSA) is 49.4 Å². The van der Waals surface area contributed by atoms with Crippen LogP contribution in [0.15, 0.2) is 21.5 Å². The van der Waals surface area contributed by atoms with Gasteiger partial charge in [-0.2, -0.15) is 4.31 Å². The van der Waals surface area contributed by atoms with E-state index < -0.39 is 10.0 Å². The predicted octanol–water partition coefficient (Wildman–Crippen LogP) is 3.29. The van der Waals surface area contributed by atoms with Crippen LogP contribution in [0.5, 0.6) is 0 Å². The summed E-state index contributed by atoms with van der Waals surface area (Å²) in [6, 6.07) is 3.72. The lowest BCUT2D eigenvalue weighted by Gasteiger charge is -2.25. The monoisotopic (exact) mass is 376 g/mol. The summed E-state index contributed by atoms with van der Waals surface area (Å²) in [6.07, 6.45) is 1.82. The van der Waals surface area contributed by atoms with Gasteiger partial charge in [0.15, 0.2) is 0 Å². The number of nitrogens with zero attached hydrogens (tertiary/aromatic N) is 1. The number of sulfonamides is 1. The van der Waals surface area contributed by atoms with Crippen molar-refractivity contribution >= 4 is 26.0 Å². The van der Waals surface area contributed by atoms with Gasteiger partial charge >= 0.3 is 0 Å². The number of rotatable bonds is 7. The smallest absolute Gasteiger partial charge is 0.243 e. The zero-order chi connectivity index (χ0) is 16.2. The van der Waals surface area contributed by atoms with Crippen molar-refractivity contribution < 1.29 is 8.42 Å². The van der Waals surface area contributed by atoms with Gasteiger partial charge in [0.2, 0.25) is 10.0 Å². The third-order valence-corrected chi connectivity index (χ3v) is 6.64. The van der Waals surface area contributed by atoms with E-state index in [0.29, 0.717) is 11.4 Å². The van der Waals surface area contributed by atoms with E-state index in [1.807, 2.05) is 27.0 Å². The quantitative estimate of drug-likeness (QED) is 0.793. The van der Waals surface area contributed by atoms with Crippen LogP contribution in [-0.4, -0.2) is 32.9 Å². The Hall–Kier alpha value is -0.430. The van der Waals surface area contributed by atoms with Gasteiger partial charge in [-0.25, -0.2) is 8.42 Å². The third-order valence-electron chi connectivity index (χ3n) is 3.72. The predicted molar refractivity (Wildman–Crippen MR) is 91.0 cm³/mol. The summed E-state index contributed by atoms with van der Waals surface area (Å²) in [4.78, 5) is 0.382. The first-order valence-electron chi connectivity index (χ1n) is 7.17. The van der Waals surface area contributed by atoms with Crippen molar-refractivity contribution in [1.29, 1.82) is 0 Å². The molecule has 0 aromatic heterocycles. The first-order valence-corrected chi connectivity index (χ1v) is 9.40. The second-order valence-corrected chi connectivity index (χ2v) is 8.21. The SMILES string of the molecule is CCCC(C)N(C)S(=O)(=O)c1cc(CNC)cc(Br)c1C. The highest BCUT2D eigenvalue weighted by molar-refractivity contribution is 9.10. The molecule has 1 aromatic carbocycles. The van der Waals surface area contributed by atoms with Crippen LogP contribution in [0.2, 0.25) is 0 Å². The molecule has 21 heavy (non-hydrogen) atoms. The molecule has 0 amide bonds. The minimum absolute atomic E-state index is 0.00821. The summed E-state index contributed by atoms with van der Waals surface area (Å²) < 4.78 is 28.0. The molecule has 6 heteroatoms. The molecule has 1 N–H and O–H groups in total. The van der Waals surface area contributed by atoms with E-state index >= 15 is 0 Å². The maximum absolute atomic E-state index is 12.9. The standard InChI is InChI=1S/C15H25BrN2O2S/c1-6-7-11(2)18(5)21(19,20)15-9-13(10-17-4)8-14(16)12(15)3/h8-9,11,17H,6-7,10H2,1-5H3. The summed E-state index contributed by atoms with van der Waals surface area (Å²) in [5.74, 6) is 0. The number of hydrogen-bond acceptors (Lipinski definition) is 3. The fourth-order valence-corrected chi connectivity index (χ4v) is 4.60. The van der Waals surface area contributed by atoms with Gasteiger partial charge in [0.25, 0.3) is 0 Å². The molecular weight excluding hydrogens is 352 g/mol. The number of hydrogen-bond donors (Lipinski definition) is 1. The highest BCUT2D eigenvalue weighted by atomic mass is 79.9. The Bertz CT molecular complexity index is 588. The van der Waals surface area contributed by atoms with Gasteiger partial charge in [-0.1, -0.05) is 29.3 Å². The summed E-state index contributed by atoms with van der Waals surface area (Å²) in [7, 11) is 0.0262. The van der Waals surface area contributed by atoms with E-state index in [2.05, 4.69) is 28.2 Å². The average Bonchev–Trinajstić information content (AvgIpc) is 2.42. The summed E-state index contributed by atoms with van der Waals surface area (Å²) >= 11 is 3.47. The molecule has 0 heterocycles. The van der Waals surface area contributed by atoms with Gasteiger partial charge in [-0.3, -0.25) is 0 Å². The molecule has 1 rings (SSSR count). The lowest BCUT2D eigenvalue weighted by molar-refractivity contribution is 0.368. The van der Waals surface area contributed by atoms with E-state index in [4.69, 9.17) is 0 Å². The normalized spacial score (nSPS) is 13.7. The highest BCUT2D eigenvalue weighted by Crippen LogP contribution is 2.28. The van der Waals surface area contributed by atoms with E-state index in [1.165, 1.54) is 4.31 Å². The Balaban J connectivity index is 3.30. The lowest BCUT2D eigenvalue weighted by Crippen LogP contribution is -2.35. The van der Waals surface area contributed by atoms with E-state index in [0.717, 1.165) is 28.4 Å². The van der Waals surface area contributed by atoms with Crippen LogP contribution in [-0.2, 0) is 16.6 Å². The molecule has 0 fully saturated rings. The lowest BCUT2D eigenvalue weighted by atomic mass is 10.1. The van der Waals surface area contributed by atoms with E-state index in [9.17, 15) is 8.42 Å². The van der Waals surface area contributed by atoms with Gasteiger partial charge in [-0.05, 0) is 50.6 Å². The molecule has 0 aliphatic rings. The molecule has 1 unspecified atom stereocenters. The van der Waals surface area contributed by atoms with Crippen molar-refractivity contribution in [2.75, 3.05) is 14.1 Å². The fourth-order valence-electron chi connectivity index (χ4n) is 2.27. The van der Waals surface area contributed by atoms with Crippen molar-refractivity contribution in [2.45, 2.75) is 51.1 Å². The zero-order valence-electron chi connectivity index (χ0n) is 13.4. The van der Waals surface area contributed by atoms with Crippen molar-refractivity contribution in [3.05, 3.63) is 27.7 Å². The Morgan fingerprint density at radius 2 is 2.00 bits per heavy atom. The van der Waals surface area contributed by atoms with Gasteiger partial charge < -0.3 is 5.32 Å². The number of benzene rings is 1. The van der Waals surface area contributed by atoms with Crippen molar-refractivity contribution in [2.24, 2.45) is 0 Å². The maximum atomic E-state index is 12.9. The van der Waals surface area contributed by atoms with Crippen LogP contribution in [0.4, 0.5) is 0 Å². The summed E-state index contributed by atoms with van der Waals surface area (Å²) in [5.41, 5.74) is 1.70. The molecular formula is C15H25BrN2O2S. The molecule has 0 aliphatic heterocycles. The number of halogens is 1. The Labute approximate surface area is 137 Å². The van der Waals surface area contributed by atoms with Crippen LogP contribution in [0.3, 0.4) is 0 Å². The van der Waals surface area contributed by atoms with Gasteiger partial charge in [0, 0.05) is 24.1 Å². The first-order chi connectivity index (χ1) is 9.75. The third kappa shape index (κ3) is 4.28. The molecule has 1 atom stereocenters. The molecule has 1 aromatic rings. The first kappa shape index (κ1) is 18.6. The van der Waals surface area contributed by atoms with Crippen LogP contribution in [0.25, 0.3) is 0 Å². The van der Waals surface area contributed by atoms with Gasteiger partial charge in [0.05, 0.1) is 4.90 Å². The van der Waals surface area contributed by atoms with Crippen molar-refractivity contribution in [3.8, 4) is 0 Å². The molecule has 0 radical (unpaired) electrons. The minimum atomic E-state index is -3.48. The van der Waals surface area contributed by atoms with Gasteiger partial charge in [0.1, 0.15) is 0 Å². The molecule has 0 aliphatic carbocycles. The Morgan fingerprint density at radius 3 is 2.52 bits per heavy atom. The molecule has 0 spiro atoms. The summed E-state index contributed by atoms with van der Waals surface area (Å²) in [6.45, 7) is 6.48. The summed E-state index contributed by atoms with van der Waals surface area (Å²) in [5, 5.41) is 3.05. The Morgan fingerprint density at radius 1 is 1.38 bits per heavy atom. The van der Waals surface area contributed by atoms with Crippen molar-refractivity contribution in [1.82, 2.24) is 9.62 Å². The number of nitrogens with one attached hydrogen (secondary N) is 1. The van der Waals surface area contributed by atoms with Gasteiger partial charge in [-0.15, -0.1) is 0 Å². The molecule has 4 nitrogen and oxygen atoms in total. The van der Waals surface area contributed by atoms with E-state index in [-0.39, 0.29) is 6.04 Å². The second-order valence-electron chi connectivity index (χ2n) is 5.39. The Kier molecular flexibility index (Phi) is 6.84. The minimum Gasteiger partial charge on any atom is -0.316 e. The highest BCUT2D eigenvalue weighted by Gasteiger charge is 2.27. The van der Waals surface area contributed by atoms with E-state index in [1.54, 1.807) is 13.1 Å². The van der Waals surface area contributed by atoms with Crippen molar-refractivity contribution in [3.63, 3.8) is 0 Å². The molecule has 0 saturated carbocycles.